The highest BCUT2D eigenvalue weighted by molar-refractivity contribution is 6.09. The molecule has 0 saturated heterocycles. The molecule has 1 N–H and O–H groups in total. The molecule has 0 fully saturated rings. The number of anilines is 2. The molecule has 0 heterocycles. The van der Waals surface area contributed by atoms with E-state index >= 15 is 0 Å². The predicted octanol–water partition coefficient (Wildman–Crippen LogP) is 6.20. The number of rotatable bonds is 6. The number of hydrogen-bond acceptors (Lipinski definition) is 3. The average Bonchev–Trinajstić information content (AvgIpc) is 2.89. The van der Waals surface area contributed by atoms with Crippen LogP contribution in [0.25, 0.3) is 11.1 Å². The molecule has 5 heteroatoms. The maximum atomic E-state index is 13.0. The maximum Gasteiger partial charge on any atom is 0.258 e. The summed E-state index contributed by atoms with van der Waals surface area (Å²) in [5, 5.41) is 2.94. The van der Waals surface area contributed by atoms with Crippen LogP contribution in [0.2, 0.25) is 0 Å². The Balaban J connectivity index is 1.48. The predicted molar refractivity (Wildman–Crippen MR) is 137 cm³/mol. The van der Waals surface area contributed by atoms with Gasteiger partial charge in [-0.05, 0) is 72.6 Å². The van der Waals surface area contributed by atoms with Gasteiger partial charge in [-0.2, -0.15) is 0 Å². The van der Waals surface area contributed by atoms with Crippen LogP contribution in [0.15, 0.2) is 97.1 Å². The van der Waals surface area contributed by atoms with Crippen molar-refractivity contribution in [1.82, 2.24) is 0 Å². The molecule has 170 valence electrons. The second kappa shape index (κ2) is 10.0. The number of nitrogens with zero attached hydrogens (tertiary/aromatic N) is 1. The van der Waals surface area contributed by atoms with Crippen LogP contribution >= 0.6 is 0 Å². The van der Waals surface area contributed by atoms with Crippen LogP contribution in [0.4, 0.5) is 11.4 Å². The number of carbonyl (C=O) groups excluding carboxylic acids is 2. The SMILES string of the molecule is COc1ccc(N(C)C(=O)c2ccc(NC(=O)c3ccccc3-c3ccc(C)cc3)cc2)cc1. The van der Waals surface area contributed by atoms with E-state index in [2.05, 4.69) is 5.32 Å². The zero-order chi connectivity index (χ0) is 24.1. The lowest BCUT2D eigenvalue weighted by atomic mass is 9.98. The average molecular weight is 451 g/mol. The van der Waals surface area contributed by atoms with E-state index in [1.165, 1.54) is 0 Å². The Labute approximate surface area is 199 Å². The molecule has 4 aromatic carbocycles. The molecule has 0 aliphatic heterocycles. The molecule has 0 spiro atoms. The molecular formula is C29H26N2O3. The van der Waals surface area contributed by atoms with Gasteiger partial charge in [-0.15, -0.1) is 0 Å². The standard InChI is InChI=1S/C29H26N2O3/c1-20-8-10-21(11-9-20)26-6-4-5-7-27(26)28(32)30-23-14-12-22(13-15-23)29(33)31(2)24-16-18-25(34-3)19-17-24/h4-19H,1-3H3,(H,30,32). The highest BCUT2D eigenvalue weighted by atomic mass is 16.5. The van der Waals surface area contributed by atoms with E-state index in [1.807, 2.05) is 79.7 Å². The Hall–Kier alpha value is -4.38. The Bertz CT molecular complexity index is 1290. The van der Waals surface area contributed by atoms with Crippen molar-refractivity contribution in [2.75, 3.05) is 24.4 Å². The molecule has 0 bridgehead atoms. The Kier molecular flexibility index (Phi) is 6.74. The minimum atomic E-state index is -0.203. The van der Waals surface area contributed by atoms with Crippen molar-refractivity contribution in [2.45, 2.75) is 6.92 Å². The van der Waals surface area contributed by atoms with E-state index in [0.29, 0.717) is 16.8 Å². The van der Waals surface area contributed by atoms with Gasteiger partial charge < -0.3 is 15.0 Å². The fourth-order valence-electron chi connectivity index (χ4n) is 3.68. The van der Waals surface area contributed by atoms with E-state index in [1.54, 1.807) is 43.3 Å². The van der Waals surface area contributed by atoms with E-state index in [-0.39, 0.29) is 11.8 Å². The van der Waals surface area contributed by atoms with Gasteiger partial charge in [0.15, 0.2) is 0 Å². The number of aryl methyl sites for hydroxylation is 1. The van der Waals surface area contributed by atoms with Crippen molar-refractivity contribution in [3.8, 4) is 16.9 Å². The van der Waals surface area contributed by atoms with Crippen molar-refractivity contribution in [3.05, 3.63) is 114 Å². The van der Waals surface area contributed by atoms with Gasteiger partial charge in [-0.3, -0.25) is 9.59 Å². The molecular weight excluding hydrogens is 424 g/mol. The number of carbonyl (C=O) groups is 2. The minimum absolute atomic E-state index is 0.146. The maximum absolute atomic E-state index is 13.0. The van der Waals surface area contributed by atoms with Crippen molar-refractivity contribution in [2.24, 2.45) is 0 Å². The summed E-state index contributed by atoms with van der Waals surface area (Å²) < 4.78 is 5.17. The third-order valence-corrected chi connectivity index (χ3v) is 5.69. The fraction of sp³-hybridized carbons (Fsp3) is 0.103. The quantitative estimate of drug-likeness (QED) is 0.380. The van der Waals surface area contributed by atoms with Crippen LogP contribution in [0, 0.1) is 6.92 Å². The number of hydrogen-bond donors (Lipinski definition) is 1. The first-order valence-electron chi connectivity index (χ1n) is 11.0. The molecule has 0 aliphatic rings. The highest BCUT2D eigenvalue weighted by Gasteiger charge is 2.15. The van der Waals surface area contributed by atoms with E-state index < -0.39 is 0 Å². The monoisotopic (exact) mass is 450 g/mol. The van der Waals surface area contributed by atoms with Crippen LogP contribution in [-0.4, -0.2) is 26.0 Å². The van der Waals surface area contributed by atoms with Crippen LogP contribution in [0.5, 0.6) is 5.75 Å². The van der Waals surface area contributed by atoms with Crippen molar-refractivity contribution >= 4 is 23.2 Å². The van der Waals surface area contributed by atoms with Gasteiger partial charge in [0.25, 0.3) is 11.8 Å². The van der Waals surface area contributed by atoms with Gasteiger partial charge in [0.05, 0.1) is 7.11 Å². The summed E-state index contributed by atoms with van der Waals surface area (Å²) in [6.07, 6.45) is 0. The molecule has 0 atom stereocenters. The number of nitrogens with one attached hydrogen (secondary N) is 1. The van der Waals surface area contributed by atoms with Crippen LogP contribution in [-0.2, 0) is 0 Å². The third-order valence-electron chi connectivity index (χ3n) is 5.69. The van der Waals surface area contributed by atoms with Gasteiger partial charge in [-0.1, -0.05) is 48.0 Å². The van der Waals surface area contributed by atoms with Crippen molar-refractivity contribution < 1.29 is 14.3 Å². The summed E-state index contributed by atoms with van der Waals surface area (Å²) in [6, 6.07) is 29.8. The summed E-state index contributed by atoms with van der Waals surface area (Å²) in [7, 11) is 3.33. The molecule has 0 unspecified atom stereocenters. The molecule has 4 aromatic rings. The largest absolute Gasteiger partial charge is 0.497 e. The molecule has 5 nitrogen and oxygen atoms in total. The first-order valence-corrected chi connectivity index (χ1v) is 11.0. The number of benzene rings is 4. The molecule has 0 saturated carbocycles. The second-order valence-corrected chi connectivity index (χ2v) is 8.01. The summed E-state index contributed by atoms with van der Waals surface area (Å²) in [5.41, 5.74) is 5.51. The van der Waals surface area contributed by atoms with Gasteiger partial charge in [-0.25, -0.2) is 0 Å². The zero-order valence-corrected chi connectivity index (χ0v) is 19.4. The topological polar surface area (TPSA) is 58.6 Å². The van der Waals surface area contributed by atoms with Gasteiger partial charge in [0.2, 0.25) is 0 Å². The lowest BCUT2D eigenvalue weighted by Gasteiger charge is -2.18. The van der Waals surface area contributed by atoms with Gasteiger partial charge >= 0.3 is 0 Å². The fourth-order valence-corrected chi connectivity index (χ4v) is 3.68. The van der Waals surface area contributed by atoms with Crippen LogP contribution in [0.3, 0.4) is 0 Å². The summed E-state index contributed by atoms with van der Waals surface area (Å²) in [6.45, 7) is 2.03. The van der Waals surface area contributed by atoms with Gasteiger partial charge in [0.1, 0.15) is 5.75 Å². The smallest absolute Gasteiger partial charge is 0.258 e. The molecule has 0 aliphatic carbocycles. The van der Waals surface area contributed by atoms with Gasteiger partial charge in [0, 0.05) is 29.5 Å². The first kappa shape index (κ1) is 22.8. The lowest BCUT2D eigenvalue weighted by Crippen LogP contribution is -2.26. The summed E-state index contributed by atoms with van der Waals surface area (Å²) in [4.78, 5) is 27.5. The van der Waals surface area contributed by atoms with E-state index in [0.717, 1.165) is 28.1 Å². The molecule has 2 amide bonds. The number of methoxy groups -OCH3 is 1. The third kappa shape index (κ3) is 4.99. The van der Waals surface area contributed by atoms with Crippen molar-refractivity contribution in [1.29, 1.82) is 0 Å². The Morgan fingerprint density at radius 3 is 2.09 bits per heavy atom. The number of amides is 2. The first-order chi connectivity index (χ1) is 16.5. The van der Waals surface area contributed by atoms with Crippen LogP contribution in [0.1, 0.15) is 26.3 Å². The Morgan fingerprint density at radius 2 is 1.44 bits per heavy atom. The van der Waals surface area contributed by atoms with E-state index in [9.17, 15) is 9.59 Å². The lowest BCUT2D eigenvalue weighted by molar-refractivity contribution is 0.0991. The summed E-state index contributed by atoms with van der Waals surface area (Å²) in [5.74, 6) is 0.381. The second-order valence-electron chi connectivity index (χ2n) is 8.01. The molecule has 4 rings (SSSR count). The van der Waals surface area contributed by atoms with Crippen LogP contribution < -0.4 is 15.0 Å². The molecule has 34 heavy (non-hydrogen) atoms. The van der Waals surface area contributed by atoms with E-state index in [4.69, 9.17) is 4.74 Å². The normalized spacial score (nSPS) is 10.4. The highest BCUT2D eigenvalue weighted by Crippen LogP contribution is 2.25. The number of ether oxygens (including phenoxy) is 1. The molecule has 0 radical (unpaired) electrons. The van der Waals surface area contributed by atoms with Crippen molar-refractivity contribution in [3.63, 3.8) is 0 Å². The summed E-state index contributed by atoms with van der Waals surface area (Å²) >= 11 is 0. The Morgan fingerprint density at radius 1 is 0.794 bits per heavy atom. The minimum Gasteiger partial charge on any atom is -0.497 e. The molecule has 0 aromatic heterocycles. The zero-order valence-electron chi connectivity index (χ0n) is 19.4.